The van der Waals surface area contributed by atoms with E-state index in [1.54, 1.807) is 6.92 Å². The van der Waals surface area contributed by atoms with E-state index in [1.807, 2.05) is 6.07 Å². The maximum absolute atomic E-state index is 11.6. The molecule has 0 aliphatic rings. The van der Waals surface area contributed by atoms with E-state index in [0.717, 1.165) is 4.90 Å². The minimum Gasteiger partial charge on any atom is -0.474 e. The lowest BCUT2D eigenvalue weighted by Gasteiger charge is -2.21. The summed E-state index contributed by atoms with van der Waals surface area (Å²) in [4.78, 5) is 23.4. The van der Waals surface area contributed by atoms with Crippen molar-refractivity contribution in [3.05, 3.63) is 28.8 Å². The van der Waals surface area contributed by atoms with Gasteiger partial charge in [0.1, 0.15) is 6.07 Å². The molecule has 0 aromatic heterocycles. The van der Waals surface area contributed by atoms with Crippen LogP contribution in [0.4, 0.5) is 5.69 Å². The van der Waals surface area contributed by atoms with Gasteiger partial charge in [-0.3, -0.25) is 4.79 Å². The fourth-order valence-corrected chi connectivity index (χ4v) is 1.66. The number of amides is 1. The van der Waals surface area contributed by atoms with Crippen molar-refractivity contribution in [2.24, 2.45) is 0 Å². The van der Waals surface area contributed by atoms with Gasteiger partial charge in [0.25, 0.3) is 0 Å². The first-order chi connectivity index (χ1) is 8.51. The summed E-state index contributed by atoms with van der Waals surface area (Å²) < 4.78 is 0. The Morgan fingerprint density at radius 1 is 1.50 bits per heavy atom. The van der Waals surface area contributed by atoms with E-state index >= 15 is 0 Å². The second-order valence-corrected chi connectivity index (χ2v) is 3.97. The van der Waals surface area contributed by atoms with Gasteiger partial charge in [-0.2, -0.15) is 5.26 Å². The molecule has 0 aliphatic heterocycles. The smallest absolute Gasteiger partial charge is 0.394 e. The van der Waals surface area contributed by atoms with Crippen LogP contribution >= 0.6 is 11.6 Å². The molecule has 1 rings (SSSR count). The van der Waals surface area contributed by atoms with Gasteiger partial charge in [0, 0.05) is 11.6 Å². The number of carboxylic acid groups (broad SMARTS) is 1. The van der Waals surface area contributed by atoms with Gasteiger partial charge in [-0.05, 0) is 24.6 Å². The third-order valence-corrected chi connectivity index (χ3v) is 2.48. The molecule has 0 radical (unpaired) electrons. The predicted octanol–water partition coefficient (Wildman–Crippen LogP) is 2.04. The number of hydrogen-bond acceptors (Lipinski definition) is 3. The molecular formula is C12H11ClN2O3. The molecule has 0 heterocycles. The number of anilines is 1. The molecule has 1 amide bonds. The van der Waals surface area contributed by atoms with Gasteiger partial charge >= 0.3 is 11.9 Å². The van der Waals surface area contributed by atoms with Crippen molar-refractivity contribution in [2.75, 3.05) is 11.4 Å². The lowest BCUT2D eigenvalue weighted by atomic mass is 10.1. The van der Waals surface area contributed by atoms with Gasteiger partial charge in [-0.25, -0.2) is 4.79 Å². The highest BCUT2D eigenvalue weighted by Gasteiger charge is 2.24. The fourth-order valence-electron chi connectivity index (χ4n) is 1.49. The minimum atomic E-state index is -1.56. The number of rotatable bonds is 3. The second-order valence-electron chi connectivity index (χ2n) is 3.54. The zero-order chi connectivity index (χ0) is 13.7. The summed E-state index contributed by atoms with van der Waals surface area (Å²) in [7, 11) is 0. The largest absolute Gasteiger partial charge is 0.474 e. The van der Waals surface area contributed by atoms with Crippen LogP contribution in [0.3, 0.4) is 0 Å². The molecule has 0 atom stereocenters. The standard InChI is InChI=1S/C12H11ClN2O3/c1-2-5-15(11(16)12(17)18)10-6-9(13)4-3-8(10)7-14/h3-4,6H,2,5H2,1H3,(H,17,18). The number of hydrogen-bond donors (Lipinski definition) is 1. The van der Waals surface area contributed by atoms with E-state index in [9.17, 15) is 9.59 Å². The zero-order valence-electron chi connectivity index (χ0n) is 9.68. The average Bonchev–Trinajstić information content (AvgIpc) is 2.35. The molecule has 0 spiro atoms. The third kappa shape index (κ3) is 2.99. The summed E-state index contributed by atoms with van der Waals surface area (Å²) in [6, 6.07) is 6.29. The highest BCUT2D eigenvalue weighted by Crippen LogP contribution is 2.25. The van der Waals surface area contributed by atoms with Crippen LogP contribution in [0.15, 0.2) is 18.2 Å². The lowest BCUT2D eigenvalue weighted by molar-refractivity contribution is -0.148. The molecule has 0 aliphatic carbocycles. The SMILES string of the molecule is CCCN(C(=O)C(=O)O)c1cc(Cl)ccc1C#N. The summed E-state index contributed by atoms with van der Waals surface area (Å²) in [5.41, 5.74) is 0.432. The summed E-state index contributed by atoms with van der Waals surface area (Å²) in [6.45, 7) is 2.01. The van der Waals surface area contributed by atoms with Crippen LogP contribution in [0.5, 0.6) is 0 Å². The summed E-state index contributed by atoms with van der Waals surface area (Å²) >= 11 is 5.81. The average molecular weight is 267 g/mol. The maximum atomic E-state index is 11.6. The van der Waals surface area contributed by atoms with Gasteiger partial charge in [0.05, 0.1) is 11.3 Å². The monoisotopic (exact) mass is 266 g/mol. The van der Waals surface area contributed by atoms with Crippen LogP contribution in [0.2, 0.25) is 5.02 Å². The van der Waals surface area contributed by atoms with Crippen LogP contribution in [0, 0.1) is 11.3 Å². The topological polar surface area (TPSA) is 81.4 Å². The number of nitriles is 1. The first-order valence-corrected chi connectivity index (χ1v) is 5.63. The van der Waals surface area contributed by atoms with E-state index < -0.39 is 11.9 Å². The van der Waals surface area contributed by atoms with Gasteiger partial charge in [-0.15, -0.1) is 0 Å². The van der Waals surface area contributed by atoms with Crippen molar-refractivity contribution in [1.29, 1.82) is 5.26 Å². The molecule has 1 N–H and O–H groups in total. The first kappa shape index (κ1) is 14.0. The van der Waals surface area contributed by atoms with E-state index in [-0.39, 0.29) is 17.8 Å². The molecule has 1 aromatic rings. The highest BCUT2D eigenvalue weighted by atomic mass is 35.5. The van der Waals surface area contributed by atoms with Crippen LogP contribution in [-0.2, 0) is 9.59 Å². The summed E-state index contributed by atoms with van der Waals surface area (Å²) in [5, 5.41) is 18.1. The minimum absolute atomic E-state index is 0.208. The van der Waals surface area contributed by atoms with Gasteiger partial charge in [0.15, 0.2) is 0 Å². The lowest BCUT2D eigenvalue weighted by Crippen LogP contribution is -2.37. The number of halogens is 1. The van der Waals surface area contributed by atoms with Crippen molar-refractivity contribution < 1.29 is 14.7 Å². The van der Waals surface area contributed by atoms with E-state index in [1.165, 1.54) is 18.2 Å². The quantitative estimate of drug-likeness (QED) is 0.849. The van der Waals surface area contributed by atoms with Crippen LogP contribution in [0.1, 0.15) is 18.9 Å². The van der Waals surface area contributed by atoms with Crippen molar-refractivity contribution in [3.63, 3.8) is 0 Å². The molecular weight excluding hydrogens is 256 g/mol. The second kappa shape index (κ2) is 6.03. The molecule has 0 fully saturated rings. The normalized spacial score (nSPS) is 9.61. The molecule has 18 heavy (non-hydrogen) atoms. The number of carbonyl (C=O) groups is 2. The van der Waals surface area contributed by atoms with Gasteiger partial charge in [0.2, 0.25) is 0 Å². The van der Waals surface area contributed by atoms with E-state index in [0.29, 0.717) is 11.4 Å². The molecule has 0 saturated heterocycles. The number of benzene rings is 1. The van der Waals surface area contributed by atoms with Crippen LogP contribution in [-0.4, -0.2) is 23.5 Å². The Bertz CT molecular complexity index is 523. The van der Waals surface area contributed by atoms with Crippen molar-refractivity contribution >= 4 is 29.2 Å². The van der Waals surface area contributed by atoms with Gasteiger partial charge < -0.3 is 10.0 Å². The number of carboxylic acids is 1. The van der Waals surface area contributed by atoms with Crippen LogP contribution in [0.25, 0.3) is 0 Å². The Labute approximate surface area is 109 Å². The Kier molecular flexibility index (Phi) is 4.69. The Hall–Kier alpha value is -2.06. The Morgan fingerprint density at radius 2 is 2.17 bits per heavy atom. The van der Waals surface area contributed by atoms with E-state index in [2.05, 4.69) is 0 Å². The molecule has 0 unspecified atom stereocenters. The first-order valence-electron chi connectivity index (χ1n) is 5.25. The number of nitrogens with zero attached hydrogens (tertiary/aromatic N) is 2. The molecule has 6 heteroatoms. The molecule has 94 valence electrons. The maximum Gasteiger partial charge on any atom is 0.394 e. The number of carbonyl (C=O) groups excluding carboxylic acids is 1. The van der Waals surface area contributed by atoms with Crippen LogP contribution < -0.4 is 4.90 Å². The Balaban J connectivity index is 3.29. The Morgan fingerprint density at radius 3 is 2.67 bits per heavy atom. The van der Waals surface area contributed by atoms with Crippen molar-refractivity contribution in [1.82, 2.24) is 0 Å². The fraction of sp³-hybridized carbons (Fsp3) is 0.250. The molecule has 0 saturated carbocycles. The molecule has 5 nitrogen and oxygen atoms in total. The van der Waals surface area contributed by atoms with Crippen molar-refractivity contribution in [3.8, 4) is 6.07 Å². The number of aliphatic carboxylic acids is 1. The molecule has 1 aromatic carbocycles. The summed E-state index contributed by atoms with van der Waals surface area (Å²) in [6.07, 6.45) is 0.566. The molecule has 0 bridgehead atoms. The van der Waals surface area contributed by atoms with E-state index in [4.69, 9.17) is 22.0 Å². The summed E-state index contributed by atoms with van der Waals surface area (Å²) in [5.74, 6) is -2.64. The predicted molar refractivity (Wildman–Crippen MR) is 66.4 cm³/mol. The highest BCUT2D eigenvalue weighted by molar-refractivity contribution is 6.37. The zero-order valence-corrected chi connectivity index (χ0v) is 10.4. The van der Waals surface area contributed by atoms with Gasteiger partial charge in [-0.1, -0.05) is 18.5 Å². The van der Waals surface area contributed by atoms with Crippen molar-refractivity contribution in [2.45, 2.75) is 13.3 Å². The third-order valence-electron chi connectivity index (χ3n) is 2.25.